The van der Waals surface area contributed by atoms with Gasteiger partial charge < -0.3 is 25.3 Å². The van der Waals surface area contributed by atoms with Crippen molar-refractivity contribution in [1.82, 2.24) is 9.97 Å². The van der Waals surface area contributed by atoms with Crippen LogP contribution in [0.2, 0.25) is 0 Å². The molecular weight excluding hydrogens is 450 g/mol. The van der Waals surface area contributed by atoms with Gasteiger partial charge in [-0.1, -0.05) is 0 Å². The lowest BCUT2D eigenvalue weighted by Crippen LogP contribution is -2.47. The van der Waals surface area contributed by atoms with E-state index in [1.165, 1.54) is 18.2 Å². The van der Waals surface area contributed by atoms with Gasteiger partial charge in [-0.3, -0.25) is 4.79 Å². The molecule has 0 spiro atoms. The van der Waals surface area contributed by atoms with Crippen molar-refractivity contribution in [3.05, 3.63) is 47.7 Å². The molecule has 0 saturated carbocycles. The summed E-state index contributed by atoms with van der Waals surface area (Å²) >= 11 is 0. The standard InChI is InChI=1S/C20H19F4N5O4/c1-19(12-7-31-8-15(12)33-18(25)29-19)11-4-10(2-3-13(11)21)28-17(30)14-5-27-16(6-26-14)32-9-20(22,23)24/h2-6,12,15H,7-9H2,1H3,(H2,25,29)(H,28,30). The van der Waals surface area contributed by atoms with Crippen molar-refractivity contribution in [3.63, 3.8) is 0 Å². The van der Waals surface area contributed by atoms with Gasteiger partial charge in [-0.15, -0.1) is 0 Å². The van der Waals surface area contributed by atoms with Crippen LogP contribution in [0.5, 0.6) is 5.88 Å². The summed E-state index contributed by atoms with van der Waals surface area (Å²) in [6.07, 6.45) is -3.04. The molecule has 1 aromatic carbocycles. The number of hydrogen-bond donors (Lipinski definition) is 2. The molecule has 0 aliphatic carbocycles. The smallest absolute Gasteiger partial charge is 0.422 e. The molecule has 0 bridgehead atoms. The topological polar surface area (TPSA) is 121 Å². The summed E-state index contributed by atoms with van der Waals surface area (Å²) in [6.45, 7) is 0.779. The van der Waals surface area contributed by atoms with Gasteiger partial charge in [-0.2, -0.15) is 13.2 Å². The number of carbonyl (C=O) groups is 1. The minimum absolute atomic E-state index is 0.0822. The number of aromatic nitrogens is 2. The average molecular weight is 469 g/mol. The van der Waals surface area contributed by atoms with Gasteiger partial charge in [0.05, 0.1) is 37.1 Å². The van der Waals surface area contributed by atoms with E-state index in [1.807, 2.05) is 0 Å². The maximum atomic E-state index is 14.8. The van der Waals surface area contributed by atoms with Crippen LogP contribution in [0, 0.1) is 11.7 Å². The number of nitrogens with two attached hydrogens (primary N) is 1. The summed E-state index contributed by atoms with van der Waals surface area (Å²) in [5, 5.41) is 2.56. The fourth-order valence-electron chi connectivity index (χ4n) is 3.78. The summed E-state index contributed by atoms with van der Waals surface area (Å²) < 4.78 is 66.9. The number of nitrogens with zero attached hydrogens (tertiary/aromatic N) is 3. The van der Waals surface area contributed by atoms with E-state index in [1.54, 1.807) is 6.92 Å². The Hall–Kier alpha value is -3.48. The number of aliphatic imine (C=N–C) groups is 1. The van der Waals surface area contributed by atoms with E-state index in [9.17, 15) is 22.4 Å². The highest BCUT2D eigenvalue weighted by molar-refractivity contribution is 6.02. The first-order chi connectivity index (χ1) is 15.5. The third kappa shape index (κ3) is 4.82. The van der Waals surface area contributed by atoms with Crippen LogP contribution in [0.3, 0.4) is 0 Å². The van der Waals surface area contributed by atoms with E-state index in [-0.39, 0.29) is 40.9 Å². The molecule has 1 saturated heterocycles. The number of nitrogens with one attached hydrogen (secondary N) is 1. The van der Waals surface area contributed by atoms with Crippen molar-refractivity contribution < 1.29 is 36.6 Å². The number of ether oxygens (including phenoxy) is 3. The summed E-state index contributed by atoms with van der Waals surface area (Å²) in [5.41, 5.74) is 4.96. The third-order valence-electron chi connectivity index (χ3n) is 5.38. The third-order valence-corrected chi connectivity index (χ3v) is 5.38. The first kappa shape index (κ1) is 22.7. The molecule has 3 unspecified atom stereocenters. The van der Waals surface area contributed by atoms with Gasteiger partial charge in [0.25, 0.3) is 11.9 Å². The normalized spacial score (nSPS) is 24.5. The minimum atomic E-state index is -4.53. The Labute approximate surface area is 185 Å². The lowest BCUT2D eigenvalue weighted by Gasteiger charge is -2.38. The minimum Gasteiger partial charge on any atom is -0.467 e. The van der Waals surface area contributed by atoms with Gasteiger partial charge in [0.1, 0.15) is 17.6 Å². The van der Waals surface area contributed by atoms with Crippen molar-refractivity contribution >= 4 is 17.6 Å². The van der Waals surface area contributed by atoms with Crippen LogP contribution in [-0.4, -0.2) is 54.0 Å². The lowest BCUT2D eigenvalue weighted by atomic mass is 9.77. The molecular formula is C20H19F4N5O4. The monoisotopic (exact) mass is 469 g/mol. The van der Waals surface area contributed by atoms with Crippen molar-refractivity contribution in [2.24, 2.45) is 16.6 Å². The van der Waals surface area contributed by atoms with Gasteiger partial charge in [-0.05, 0) is 25.1 Å². The number of alkyl halides is 3. The summed E-state index contributed by atoms with van der Waals surface area (Å²) in [7, 11) is 0. The lowest BCUT2D eigenvalue weighted by molar-refractivity contribution is -0.154. The van der Waals surface area contributed by atoms with Crippen molar-refractivity contribution in [2.45, 2.75) is 24.7 Å². The van der Waals surface area contributed by atoms with Crippen LogP contribution < -0.4 is 15.8 Å². The number of benzene rings is 1. The van der Waals surface area contributed by atoms with Gasteiger partial charge in [0, 0.05) is 11.3 Å². The number of anilines is 1. The van der Waals surface area contributed by atoms with Gasteiger partial charge in [0.2, 0.25) is 5.88 Å². The SMILES string of the molecule is CC1(c2cc(NC(=O)c3cnc(OCC(F)(F)F)cn3)ccc2F)N=C(N)OC2COCC21. The quantitative estimate of drug-likeness (QED) is 0.645. The summed E-state index contributed by atoms with van der Waals surface area (Å²) in [4.78, 5) is 24.2. The number of amidine groups is 1. The number of halogens is 4. The Morgan fingerprint density at radius 3 is 2.79 bits per heavy atom. The second kappa shape index (κ2) is 8.46. The van der Waals surface area contributed by atoms with Crippen molar-refractivity contribution in [1.29, 1.82) is 0 Å². The predicted octanol–water partition coefficient (Wildman–Crippen LogP) is 2.38. The molecule has 3 heterocycles. The molecule has 2 aromatic rings. The van der Waals surface area contributed by atoms with E-state index in [0.717, 1.165) is 12.4 Å². The molecule has 176 valence electrons. The summed E-state index contributed by atoms with van der Waals surface area (Å²) in [5.74, 6) is -1.93. The second-order valence-electron chi connectivity index (χ2n) is 7.69. The highest BCUT2D eigenvalue weighted by atomic mass is 19.4. The van der Waals surface area contributed by atoms with Crippen LogP contribution in [0.25, 0.3) is 0 Å². The molecule has 2 aliphatic heterocycles. The van der Waals surface area contributed by atoms with E-state index in [0.29, 0.717) is 13.2 Å². The predicted molar refractivity (Wildman–Crippen MR) is 106 cm³/mol. The fourth-order valence-corrected chi connectivity index (χ4v) is 3.78. The number of carbonyl (C=O) groups excluding carboxylic acids is 1. The van der Waals surface area contributed by atoms with Crippen LogP contribution in [0.1, 0.15) is 23.0 Å². The molecule has 2 aliphatic rings. The van der Waals surface area contributed by atoms with E-state index in [2.05, 4.69) is 25.0 Å². The van der Waals surface area contributed by atoms with Gasteiger partial charge in [-0.25, -0.2) is 19.4 Å². The fraction of sp³-hybridized carbons (Fsp3) is 0.400. The number of rotatable bonds is 5. The van der Waals surface area contributed by atoms with Crippen LogP contribution >= 0.6 is 0 Å². The molecule has 1 aromatic heterocycles. The van der Waals surface area contributed by atoms with E-state index >= 15 is 0 Å². The Morgan fingerprint density at radius 2 is 2.09 bits per heavy atom. The zero-order valence-electron chi connectivity index (χ0n) is 17.2. The average Bonchev–Trinajstić information content (AvgIpc) is 3.22. The van der Waals surface area contributed by atoms with E-state index < -0.39 is 30.0 Å². The Kier molecular flexibility index (Phi) is 5.82. The largest absolute Gasteiger partial charge is 0.467 e. The van der Waals surface area contributed by atoms with Gasteiger partial charge in [0.15, 0.2) is 6.61 Å². The van der Waals surface area contributed by atoms with Crippen molar-refractivity contribution in [3.8, 4) is 5.88 Å². The molecule has 1 amide bonds. The maximum Gasteiger partial charge on any atom is 0.422 e. The Balaban J connectivity index is 1.52. The Morgan fingerprint density at radius 1 is 1.30 bits per heavy atom. The molecule has 4 rings (SSSR count). The van der Waals surface area contributed by atoms with Gasteiger partial charge >= 0.3 is 6.18 Å². The van der Waals surface area contributed by atoms with Crippen LogP contribution in [-0.2, 0) is 15.0 Å². The molecule has 1 fully saturated rings. The number of fused-ring (bicyclic) bond motifs is 1. The number of hydrogen-bond acceptors (Lipinski definition) is 8. The maximum absolute atomic E-state index is 14.8. The molecule has 33 heavy (non-hydrogen) atoms. The molecule has 13 heteroatoms. The first-order valence-corrected chi connectivity index (χ1v) is 9.78. The number of amides is 1. The first-order valence-electron chi connectivity index (χ1n) is 9.78. The Bertz CT molecular complexity index is 1080. The second-order valence-corrected chi connectivity index (χ2v) is 7.69. The van der Waals surface area contributed by atoms with Crippen LogP contribution in [0.15, 0.2) is 35.6 Å². The van der Waals surface area contributed by atoms with Crippen LogP contribution in [0.4, 0.5) is 23.2 Å². The van der Waals surface area contributed by atoms with E-state index in [4.69, 9.17) is 15.2 Å². The highest BCUT2D eigenvalue weighted by Crippen LogP contribution is 2.43. The van der Waals surface area contributed by atoms with Crippen molar-refractivity contribution in [2.75, 3.05) is 25.1 Å². The molecule has 3 atom stereocenters. The molecule has 3 N–H and O–H groups in total. The molecule has 0 radical (unpaired) electrons. The highest BCUT2D eigenvalue weighted by Gasteiger charge is 2.50. The zero-order valence-corrected chi connectivity index (χ0v) is 17.2. The summed E-state index contributed by atoms with van der Waals surface area (Å²) in [6, 6.07) is 3.88. The molecule has 9 nitrogen and oxygen atoms in total. The zero-order chi connectivity index (χ0) is 23.8.